The smallest absolute Gasteiger partial charge is 0.255 e. The number of aromatic nitrogens is 2. The fraction of sp³-hybridized carbons (Fsp3) is 0.417. The maximum absolute atomic E-state index is 14.2. The molecule has 1 atom stereocenters. The van der Waals surface area contributed by atoms with Crippen LogP contribution < -0.4 is 10.6 Å². The van der Waals surface area contributed by atoms with Crippen molar-refractivity contribution in [2.75, 3.05) is 11.9 Å². The molecular formula is C24H29FN4O2. The zero-order valence-corrected chi connectivity index (χ0v) is 17.9. The van der Waals surface area contributed by atoms with Gasteiger partial charge >= 0.3 is 0 Å². The van der Waals surface area contributed by atoms with Crippen LogP contribution in [0.2, 0.25) is 0 Å². The number of hydrogen-bond donors (Lipinski definition) is 3. The highest BCUT2D eigenvalue weighted by atomic mass is 19.1. The monoisotopic (exact) mass is 424 g/mol. The number of rotatable bonds is 7. The summed E-state index contributed by atoms with van der Waals surface area (Å²) in [6, 6.07) is 12.3. The van der Waals surface area contributed by atoms with Gasteiger partial charge in [-0.15, -0.1) is 0 Å². The Kier molecular flexibility index (Phi) is 5.96. The number of carbonyl (C=O) groups excluding carboxylic acids is 1. The number of aliphatic hydroxyl groups is 1. The number of hydrogen-bond acceptors (Lipinski definition) is 4. The lowest BCUT2D eigenvalue weighted by atomic mass is 10.0. The summed E-state index contributed by atoms with van der Waals surface area (Å²) in [5, 5.41) is 20.4. The van der Waals surface area contributed by atoms with Crippen LogP contribution in [-0.2, 0) is 0 Å². The maximum Gasteiger partial charge on any atom is 0.255 e. The third-order valence-electron chi connectivity index (χ3n) is 5.90. The van der Waals surface area contributed by atoms with E-state index in [2.05, 4.69) is 15.7 Å². The van der Waals surface area contributed by atoms with Crippen LogP contribution in [-0.4, -0.2) is 45.0 Å². The molecule has 6 nitrogen and oxygen atoms in total. The molecule has 1 aromatic carbocycles. The van der Waals surface area contributed by atoms with Gasteiger partial charge in [-0.05, 0) is 38.3 Å². The van der Waals surface area contributed by atoms with Crippen molar-refractivity contribution >= 4 is 17.1 Å². The highest BCUT2D eigenvalue weighted by Crippen LogP contribution is 2.31. The van der Waals surface area contributed by atoms with Gasteiger partial charge in [0.2, 0.25) is 0 Å². The number of nitrogens with zero attached hydrogens (tertiary/aromatic N) is 2. The van der Waals surface area contributed by atoms with Gasteiger partial charge in [-0.25, -0.2) is 8.91 Å². The van der Waals surface area contributed by atoms with Gasteiger partial charge in [-0.3, -0.25) is 4.79 Å². The van der Waals surface area contributed by atoms with Crippen LogP contribution >= 0.6 is 0 Å². The number of anilines is 1. The van der Waals surface area contributed by atoms with Crippen molar-refractivity contribution < 1.29 is 14.3 Å². The molecular weight excluding hydrogens is 395 g/mol. The number of benzene rings is 1. The van der Waals surface area contributed by atoms with Gasteiger partial charge in [0, 0.05) is 17.8 Å². The zero-order valence-electron chi connectivity index (χ0n) is 17.9. The van der Waals surface area contributed by atoms with Crippen molar-refractivity contribution in [2.45, 2.75) is 57.3 Å². The van der Waals surface area contributed by atoms with Gasteiger partial charge in [0.1, 0.15) is 6.17 Å². The van der Waals surface area contributed by atoms with E-state index in [1.165, 1.54) is 20.0 Å². The molecule has 1 amide bonds. The number of carbonyl (C=O) groups is 1. The quantitative estimate of drug-likeness (QED) is 0.531. The second kappa shape index (κ2) is 8.67. The van der Waals surface area contributed by atoms with E-state index in [1.807, 2.05) is 42.6 Å². The molecule has 2 aromatic heterocycles. The number of halogens is 1. The first-order valence-corrected chi connectivity index (χ1v) is 10.8. The standard InChI is InChI=1S/C24H29FN4O2/c1-24(2,31)21(25)14-26-23(30)19-13-27-29-15-17(16-8-4-3-5-9-16)12-20(29)22(19)28-18-10-6-7-11-18/h3-5,8-9,12-13,15,18,21,28,31H,6-7,10-11,14H2,1-2H3,(H,26,30). The molecule has 0 aliphatic heterocycles. The predicted molar refractivity (Wildman–Crippen MR) is 120 cm³/mol. The molecule has 3 aromatic rings. The zero-order chi connectivity index (χ0) is 22.0. The summed E-state index contributed by atoms with van der Waals surface area (Å²) < 4.78 is 15.9. The minimum Gasteiger partial charge on any atom is -0.387 e. The Bertz CT molecular complexity index is 1050. The highest BCUT2D eigenvalue weighted by molar-refractivity contribution is 6.03. The third kappa shape index (κ3) is 4.71. The molecule has 164 valence electrons. The van der Waals surface area contributed by atoms with Gasteiger partial charge in [0.05, 0.1) is 35.1 Å². The molecule has 7 heteroatoms. The average molecular weight is 425 g/mol. The van der Waals surface area contributed by atoms with Gasteiger partial charge in [-0.1, -0.05) is 43.2 Å². The summed E-state index contributed by atoms with van der Waals surface area (Å²) in [5.74, 6) is -0.412. The van der Waals surface area contributed by atoms with Crippen LogP contribution in [0.5, 0.6) is 0 Å². The van der Waals surface area contributed by atoms with Crippen molar-refractivity contribution in [1.82, 2.24) is 14.9 Å². The number of alkyl halides is 1. The molecule has 1 fully saturated rings. The maximum atomic E-state index is 14.2. The lowest BCUT2D eigenvalue weighted by molar-refractivity contribution is -0.00177. The van der Waals surface area contributed by atoms with Crippen LogP contribution in [0.25, 0.3) is 16.6 Å². The first-order valence-electron chi connectivity index (χ1n) is 10.8. The largest absolute Gasteiger partial charge is 0.387 e. The SMILES string of the molecule is CC(C)(O)C(F)CNC(=O)c1cnn2cc(-c3ccccc3)cc2c1NC1CCCC1. The minimum atomic E-state index is -1.57. The van der Waals surface area contributed by atoms with Crippen LogP contribution in [0.15, 0.2) is 48.8 Å². The Balaban J connectivity index is 1.69. The Labute approximate surface area is 181 Å². The van der Waals surface area contributed by atoms with Crippen LogP contribution in [0.1, 0.15) is 49.9 Å². The highest BCUT2D eigenvalue weighted by Gasteiger charge is 2.28. The topological polar surface area (TPSA) is 78.7 Å². The third-order valence-corrected chi connectivity index (χ3v) is 5.90. The van der Waals surface area contributed by atoms with Crippen LogP contribution in [0.3, 0.4) is 0 Å². The molecule has 1 aliphatic carbocycles. The molecule has 0 bridgehead atoms. The van der Waals surface area contributed by atoms with Crippen molar-refractivity contribution in [2.24, 2.45) is 0 Å². The summed E-state index contributed by atoms with van der Waals surface area (Å²) in [6.45, 7) is 2.50. The number of fused-ring (bicyclic) bond motifs is 1. The average Bonchev–Trinajstić information content (AvgIpc) is 3.41. The molecule has 0 spiro atoms. The second-order valence-corrected chi connectivity index (χ2v) is 8.81. The number of amides is 1. The van der Waals surface area contributed by atoms with Crippen LogP contribution in [0.4, 0.5) is 10.1 Å². The molecule has 31 heavy (non-hydrogen) atoms. The first kappa shape index (κ1) is 21.3. The van der Waals surface area contributed by atoms with E-state index in [4.69, 9.17) is 0 Å². The molecule has 1 aliphatic rings. The Hall–Kier alpha value is -2.93. The molecule has 3 N–H and O–H groups in total. The van der Waals surface area contributed by atoms with Gasteiger partial charge in [0.15, 0.2) is 0 Å². The Morgan fingerprint density at radius 2 is 1.97 bits per heavy atom. The van der Waals surface area contributed by atoms with Gasteiger partial charge < -0.3 is 15.7 Å². The van der Waals surface area contributed by atoms with Crippen LogP contribution in [0, 0.1) is 0 Å². The molecule has 4 rings (SSSR count). The van der Waals surface area contributed by atoms with E-state index in [0.717, 1.165) is 42.3 Å². The fourth-order valence-electron chi connectivity index (χ4n) is 3.97. The normalized spacial score (nSPS) is 15.9. The van der Waals surface area contributed by atoms with E-state index in [9.17, 15) is 14.3 Å². The molecule has 0 saturated heterocycles. The predicted octanol–water partition coefficient (Wildman–Crippen LogP) is 4.19. The lowest BCUT2D eigenvalue weighted by Gasteiger charge is -2.23. The molecule has 1 unspecified atom stereocenters. The van der Waals surface area contributed by atoms with Gasteiger partial charge in [0.25, 0.3) is 5.91 Å². The minimum absolute atomic E-state index is 0.271. The molecule has 0 radical (unpaired) electrons. The second-order valence-electron chi connectivity index (χ2n) is 8.81. The van der Waals surface area contributed by atoms with E-state index in [1.54, 1.807) is 4.52 Å². The summed E-state index contributed by atoms with van der Waals surface area (Å²) in [4.78, 5) is 12.9. The van der Waals surface area contributed by atoms with E-state index in [0.29, 0.717) is 11.3 Å². The fourth-order valence-corrected chi connectivity index (χ4v) is 3.97. The van der Waals surface area contributed by atoms with Gasteiger partial charge in [-0.2, -0.15) is 5.10 Å². The molecule has 2 heterocycles. The summed E-state index contributed by atoms with van der Waals surface area (Å²) >= 11 is 0. The Morgan fingerprint density at radius 3 is 2.65 bits per heavy atom. The van der Waals surface area contributed by atoms with E-state index < -0.39 is 17.7 Å². The van der Waals surface area contributed by atoms with E-state index >= 15 is 0 Å². The first-order chi connectivity index (χ1) is 14.8. The lowest BCUT2D eigenvalue weighted by Crippen LogP contribution is -2.42. The van der Waals surface area contributed by atoms with Crippen molar-refractivity contribution in [3.63, 3.8) is 0 Å². The summed E-state index contributed by atoms with van der Waals surface area (Å²) in [7, 11) is 0. The van der Waals surface area contributed by atoms with Crippen molar-refractivity contribution in [1.29, 1.82) is 0 Å². The van der Waals surface area contributed by atoms with Crippen molar-refractivity contribution in [3.8, 4) is 11.1 Å². The van der Waals surface area contributed by atoms with Crippen molar-refractivity contribution in [3.05, 3.63) is 54.4 Å². The number of nitrogens with one attached hydrogen (secondary N) is 2. The summed E-state index contributed by atoms with van der Waals surface area (Å²) in [5.41, 5.74) is 2.44. The Morgan fingerprint density at radius 1 is 1.26 bits per heavy atom. The summed E-state index contributed by atoms with van der Waals surface area (Å²) in [6.07, 6.45) is 6.30. The molecule has 1 saturated carbocycles. The van der Waals surface area contributed by atoms with E-state index in [-0.39, 0.29) is 12.6 Å².